The Morgan fingerprint density at radius 1 is 1.29 bits per heavy atom. The first-order valence-corrected chi connectivity index (χ1v) is 6.06. The summed E-state index contributed by atoms with van der Waals surface area (Å²) >= 11 is 0. The number of ether oxygens (including phenoxy) is 1. The fraction of sp³-hybridized carbons (Fsp3) is 0.643. The number of hydrogen-bond donors (Lipinski definition) is 0. The van der Waals surface area contributed by atoms with Gasteiger partial charge in [-0.15, -0.1) is 0 Å². The fourth-order valence-corrected chi connectivity index (χ4v) is 1.56. The second-order valence-electron chi connectivity index (χ2n) is 5.52. The molecule has 0 atom stereocenters. The van der Waals surface area contributed by atoms with Crippen LogP contribution in [-0.4, -0.2) is 37.2 Å². The van der Waals surface area contributed by atoms with Gasteiger partial charge in [0, 0.05) is 26.4 Å². The van der Waals surface area contributed by atoms with E-state index in [0.29, 0.717) is 0 Å². The highest BCUT2D eigenvalue weighted by atomic mass is 16.5. The Labute approximate surface area is 105 Å². The van der Waals surface area contributed by atoms with Gasteiger partial charge in [0.1, 0.15) is 0 Å². The molecule has 1 rings (SSSR count). The van der Waals surface area contributed by atoms with Gasteiger partial charge < -0.3 is 4.74 Å². The van der Waals surface area contributed by atoms with E-state index in [2.05, 4.69) is 49.8 Å². The van der Waals surface area contributed by atoms with Crippen LogP contribution in [0.4, 0.5) is 0 Å². The van der Waals surface area contributed by atoms with Crippen LogP contribution in [0.3, 0.4) is 0 Å². The van der Waals surface area contributed by atoms with Gasteiger partial charge in [-0.2, -0.15) is 0 Å². The van der Waals surface area contributed by atoms with Crippen LogP contribution in [0, 0.1) is 0 Å². The van der Waals surface area contributed by atoms with Gasteiger partial charge in [-0.1, -0.05) is 26.8 Å². The lowest BCUT2D eigenvalue weighted by Gasteiger charge is -2.19. The van der Waals surface area contributed by atoms with Crippen molar-refractivity contribution in [3.8, 4) is 0 Å². The Kier molecular flexibility index (Phi) is 5.09. The number of methoxy groups -OCH3 is 1. The third-order valence-corrected chi connectivity index (χ3v) is 2.80. The average molecular weight is 236 g/mol. The van der Waals surface area contributed by atoms with E-state index in [0.717, 1.165) is 25.4 Å². The Hall–Kier alpha value is -0.930. The highest BCUT2D eigenvalue weighted by molar-refractivity contribution is 5.21. The van der Waals surface area contributed by atoms with Crippen molar-refractivity contribution in [3.63, 3.8) is 0 Å². The zero-order chi connectivity index (χ0) is 12.9. The van der Waals surface area contributed by atoms with Crippen LogP contribution in [0.15, 0.2) is 18.3 Å². The predicted octanol–water partition coefficient (Wildman–Crippen LogP) is 2.46. The lowest BCUT2D eigenvalue weighted by Crippen LogP contribution is -2.23. The van der Waals surface area contributed by atoms with Gasteiger partial charge in [-0.05, 0) is 24.1 Å². The topological polar surface area (TPSA) is 25.4 Å². The molecule has 96 valence electrons. The monoisotopic (exact) mass is 236 g/mol. The van der Waals surface area contributed by atoms with Gasteiger partial charge in [-0.25, -0.2) is 0 Å². The van der Waals surface area contributed by atoms with Crippen molar-refractivity contribution in [2.45, 2.75) is 32.7 Å². The van der Waals surface area contributed by atoms with Crippen molar-refractivity contribution < 1.29 is 4.74 Å². The maximum Gasteiger partial charge on any atom is 0.0589 e. The molecule has 1 aromatic heterocycles. The first-order valence-electron chi connectivity index (χ1n) is 6.06. The van der Waals surface area contributed by atoms with E-state index in [1.807, 2.05) is 6.20 Å². The SMILES string of the molecule is COCCN(C)Cc1ccc(C(C)(C)C)cn1. The van der Waals surface area contributed by atoms with Gasteiger partial charge in [0.2, 0.25) is 0 Å². The third-order valence-electron chi connectivity index (χ3n) is 2.80. The van der Waals surface area contributed by atoms with Crippen molar-refractivity contribution in [3.05, 3.63) is 29.6 Å². The van der Waals surface area contributed by atoms with Gasteiger partial charge >= 0.3 is 0 Å². The van der Waals surface area contributed by atoms with Gasteiger partial charge in [0.15, 0.2) is 0 Å². The number of nitrogens with zero attached hydrogens (tertiary/aromatic N) is 2. The Bertz CT molecular complexity index is 327. The Morgan fingerprint density at radius 2 is 2.00 bits per heavy atom. The van der Waals surface area contributed by atoms with E-state index < -0.39 is 0 Å². The van der Waals surface area contributed by atoms with Gasteiger partial charge in [0.05, 0.1) is 12.3 Å². The lowest BCUT2D eigenvalue weighted by molar-refractivity contribution is 0.158. The van der Waals surface area contributed by atoms with Crippen LogP contribution in [0.25, 0.3) is 0 Å². The van der Waals surface area contributed by atoms with Gasteiger partial charge in [0.25, 0.3) is 0 Å². The molecule has 3 heteroatoms. The molecule has 0 aromatic carbocycles. The van der Waals surface area contributed by atoms with Crippen LogP contribution >= 0.6 is 0 Å². The first kappa shape index (κ1) is 14.1. The summed E-state index contributed by atoms with van der Waals surface area (Å²) in [4.78, 5) is 6.72. The maximum absolute atomic E-state index is 5.05. The molecule has 1 heterocycles. The highest BCUT2D eigenvalue weighted by Gasteiger charge is 2.13. The third kappa shape index (κ3) is 4.84. The molecule has 0 fully saturated rings. The summed E-state index contributed by atoms with van der Waals surface area (Å²) in [5.74, 6) is 0. The summed E-state index contributed by atoms with van der Waals surface area (Å²) in [7, 11) is 3.81. The van der Waals surface area contributed by atoms with Crippen LogP contribution in [0.1, 0.15) is 32.0 Å². The fourth-order valence-electron chi connectivity index (χ4n) is 1.56. The molecule has 0 saturated carbocycles. The smallest absolute Gasteiger partial charge is 0.0589 e. The molecule has 1 aromatic rings. The molecule has 0 aliphatic rings. The van der Waals surface area contributed by atoms with Crippen LogP contribution in [0.2, 0.25) is 0 Å². The van der Waals surface area contributed by atoms with Crippen LogP contribution in [-0.2, 0) is 16.7 Å². The molecule has 0 aliphatic carbocycles. The van der Waals surface area contributed by atoms with E-state index in [1.165, 1.54) is 5.56 Å². The van der Waals surface area contributed by atoms with E-state index in [-0.39, 0.29) is 5.41 Å². The standard InChI is InChI=1S/C14H24N2O/c1-14(2,3)12-6-7-13(15-10-12)11-16(4)8-9-17-5/h6-7,10H,8-9,11H2,1-5H3. The summed E-state index contributed by atoms with van der Waals surface area (Å²) in [6.45, 7) is 9.17. The van der Waals surface area contributed by atoms with Crippen molar-refractivity contribution in [1.29, 1.82) is 0 Å². The molecule has 0 aliphatic heterocycles. The number of aromatic nitrogens is 1. The van der Waals surface area contributed by atoms with Gasteiger partial charge in [-0.3, -0.25) is 9.88 Å². The molecular formula is C14H24N2O. The van der Waals surface area contributed by atoms with E-state index in [4.69, 9.17) is 4.74 Å². The molecule has 0 radical (unpaired) electrons. The van der Waals surface area contributed by atoms with E-state index in [9.17, 15) is 0 Å². The van der Waals surface area contributed by atoms with Crippen LogP contribution < -0.4 is 0 Å². The predicted molar refractivity (Wildman–Crippen MR) is 71.1 cm³/mol. The highest BCUT2D eigenvalue weighted by Crippen LogP contribution is 2.21. The van der Waals surface area contributed by atoms with E-state index >= 15 is 0 Å². The zero-order valence-electron chi connectivity index (χ0n) is 11.7. The maximum atomic E-state index is 5.05. The zero-order valence-corrected chi connectivity index (χ0v) is 11.7. The molecular weight excluding hydrogens is 212 g/mol. The molecule has 0 unspecified atom stereocenters. The molecule has 17 heavy (non-hydrogen) atoms. The van der Waals surface area contributed by atoms with Crippen molar-refractivity contribution in [2.75, 3.05) is 27.3 Å². The minimum Gasteiger partial charge on any atom is -0.383 e. The second kappa shape index (κ2) is 6.12. The van der Waals surface area contributed by atoms with Crippen molar-refractivity contribution in [1.82, 2.24) is 9.88 Å². The quantitative estimate of drug-likeness (QED) is 0.785. The summed E-state index contributed by atoms with van der Waals surface area (Å²) in [5, 5.41) is 0. The van der Waals surface area contributed by atoms with Crippen LogP contribution in [0.5, 0.6) is 0 Å². The lowest BCUT2D eigenvalue weighted by atomic mass is 9.88. The molecule has 3 nitrogen and oxygen atoms in total. The summed E-state index contributed by atoms with van der Waals surface area (Å²) in [5.41, 5.74) is 2.56. The normalized spacial score (nSPS) is 12.1. The Balaban J connectivity index is 2.56. The molecule has 0 spiro atoms. The second-order valence-corrected chi connectivity index (χ2v) is 5.52. The number of hydrogen-bond acceptors (Lipinski definition) is 3. The summed E-state index contributed by atoms with van der Waals surface area (Å²) in [6.07, 6.45) is 1.99. The number of pyridine rings is 1. The Morgan fingerprint density at radius 3 is 2.47 bits per heavy atom. The molecule has 0 N–H and O–H groups in total. The number of rotatable bonds is 5. The van der Waals surface area contributed by atoms with Crippen molar-refractivity contribution in [2.24, 2.45) is 0 Å². The van der Waals surface area contributed by atoms with E-state index in [1.54, 1.807) is 7.11 Å². The minimum absolute atomic E-state index is 0.174. The summed E-state index contributed by atoms with van der Waals surface area (Å²) in [6, 6.07) is 4.29. The average Bonchev–Trinajstić information content (AvgIpc) is 2.26. The molecule has 0 bridgehead atoms. The minimum atomic E-state index is 0.174. The number of likely N-dealkylation sites (N-methyl/N-ethyl adjacent to an activating group) is 1. The summed E-state index contributed by atoms with van der Waals surface area (Å²) < 4.78 is 5.05. The largest absolute Gasteiger partial charge is 0.383 e. The molecule has 0 amide bonds. The first-order chi connectivity index (χ1) is 7.93. The van der Waals surface area contributed by atoms with Crippen molar-refractivity contribution >= 4 is 0 Å². The molecule has 0 saturated heterocycles.